The van der Waals surface area contributed by atoms with Crippen LogP contribution in [0.3, 0.4) is 0 Å². The molecular weight excluding hydrogens is 400 g/mol. The van der Waals surface area contributed by atoms with Crippen LogP contribution in [0.25, 0.3) is 0 Å². The number of carbonyl (C=O) groups is 3. The Morgan fingerprint density at radius 3 is 2.35 bits per heavy atom. The fraction of sp³-hybridized carbons (Fsp3) is 0.500. The molecule has 0 radical (unpaired) electrons. The van der Waals surface area contributed by atoms with Crippen molar-refractivity contribution in [2.45, 2.75) is 26.3 Å². The van der Waals surface area contributed by atoms with Crippen molar-refractivity contribution < 1.29 is 23.9 Å². The number of nitrogens with one attached hydrogen (secondary N) is 2. The second-order valence-corrected chi connectivity index (χ2v) is 7.42. The molecule has 1 aliphatic heterocycles. The van der Waals surface area contributed by atoms with E-state index in [2.05, 4.69) is 10.6 Å². The van der Waals surface area contributed by atoms with Gasteiger partial charge in [0.15, 0.2) is 0 Å². The fourth-order valence-electron chi connectivity index (χ4n) is 3.33. The van der Waals surface area contributed by atoms with E-state index in [4.69, 9.17) is 9.47 Å². The van der Waals surface area contributed by atoms with Gasteiger partial charge in [-0.15, -0.1) is 0 Å². The molecule has 0 aromatic heterocycles. The van der Waals surface area contributed by atoms with Crippen LogP contribution in [-0.4, -0.2) is 75.2 Å². The topological polar surface area (TPSA) is 100 Å². The zero-order valence-corrected chi connectivity index (χ0v) is 18.9. The second-order valence-electron chi connectivity index (χ2n) is 7.42. The summed E-state index contributed by atoms with van der Waals surface area (Å²) >= 11 is 0. The molecule has 0 aliphatic carbocycles. The summed E-state index contributed by atoms with van der Waals surface area (Å²) in [6.45, 7) is 4.99. The van der Waals surface area contributed by atoms with E-state index in [1.807, 2.05) is 11.8 Å². The number of nitrogens with zero attached hydrogens (tertiary/aromatic N) is 2. The van der Waals surface area contributed by atoms with Crippen LogP contribution in [0.15, 0.2) is 35.5 Å². The molecule has 31 heavy (non-hydrogen) atoms. The highest BCUT2D eigenvalue weighted by atomic mass is 16.5. The Bertz CT molecular complexity index is 820. The van der Waals surface area contributed by atoms with Crippen molar-refractivity contribution in [3.8, 4) is 5.75 Å². The number of ether oxygens (including phenoxy) is 2. The van der Waals surface area contributed by atoms with Gasteiger partial charge in [0.1, 0.15) is 5.75 Å². The minimum Gasteiger partial charge on any atom is -0.497 e. The molecule has 2 rings (SSSR count). The van der Waals surface area contributed by atoms with Gasteiger partial charge in [0.25, 0.3) is 0 Å². The molecule has 170 valence electrons. The van der Waals surface area contributed by atoms with E-state index < -0.39 is 18.0 Å². The monoisotopic (exact) mass is 432 g/mol. The molecule has 0 unspecified atom stereocenters. The third-order valence-corrected chi connectivity index (χ3v) is 4.88. The highest BCUT2D eigenvalue weighted by molar-refractivity contribution is 5.95. The molecule has 0 fully saturated rings. The average molecular weight is 433 g/mol. The Morgan fingerprint density at radius 1 is 1.13 bits per heavy atom. The quantitative estimate of drug-likeness (QED) is 0.546. The van der Waals surface area contributed by atoms with Crippen LogP contribution < -0.4 is 15.4 Å². The van der Waals surface area contributed by atoms with E-state index >= 15 is 0 Å². The second kappa shape index (κ2) is 11.4. The summed E-state index contributed by atoms with van der Waals surface area (Å²) in [4.78, 5) is 41.0. The third-order valence-electron chi connectivity index (χ3n) is 4.88. The molecule has 0 bridgehead atoms. The maximum Gasteiger partial charge on any atom is 0.338 e. The van der Waals surface area contributed by atoms with Crippen LogP contribution in [-0.2, 0) is 14.3 Å². The number of carbonyl (C=O) groups excluding carboxylic acids is 3. The number of methoxy groups -OCH3 is 1. The summed E-state index contributed by atoms with van der Waals surface area (Å²) < 4.78 is 10.5. The lowest BCUT2D eigenvalue weighted by atomic mass is 9.95. The van der Waals surface area contributed by atoms with Crippen LogP contribution in [0, 0.1) is 0 Å². The largest absolute Gasteiger partial charge is 0.497 e. The Balaban J connectivity index is 2.45. The van der Waals surface area contributed by atoms with Gasteiger partial charge in [0.2, 0.25) is 5.91 Å². The summed E-state index contributed by atoms with van der Waals surface area (Å²) in [7, 11) is 4.96. The summed E-state index contributed by atoms with van der Waals surface area (Å²) in [5.41, 5.74) is 1.48. The lowest BCUT2D eigenvalue weighted by molar-refractivity contribution is -0.139. The molecule has 0 saturated heterocycles. The van der Waals surface area contributed by atoms with E-state index in [1.165, 1.54) is 4.90 Å². The summed E-state index contributed by atoms with van der Waals surface area (Å²) in [6.07, 6.45) is 0.816. The number of rotatable bonds is 10. The summed E-state index contributed by atoms with van der Waals surface area (Å²) in [5, 5.41) is 5.57. The molecule has 1 atom stereocenters. The van der Waals surface area contributed by atoms with Crippen molar-refractivity contribution in [1.29, 1.82) is 0 Å². The SMILES string of the molecule is CCCN(CC(=O)N(C)C)CC1=C(C(=O)OCC)[C@H](c2ccc(OC)cc2)NC(=O)N1. The minimum absolute atomic E-state index is 0.0568. The van der Waals surface area contributed by atoms with Crippen LogP contribution in [0.4, 0.5) is 4.79 Å². The first-order valence-electron chi connectivity index (χ1n) is 10.3. The van der Waals surface area contributed by atoms with Gasteiger partial charge in [-0.05, 0) is 37.6 Å². The first kappa shape index (κ1) is 24.2. The van der Waals surface area contributed by atoms with Crippen molar-refractivity contribution in [2.75, 3.05) is 47.4 Å². The predicted molar refractivity (Wildman–Crippen MR) is 116 cm³/mol. The van der Waals surface area contributed by atoms with Gasteiger partial charge in [0.05, 0.1) is 31.9 Å². The molecule has 1 aliphatic rings. The molecule has 0 saturated carbocycles. The highest BCUT2D eigenvalue weighted by Gasteiger charge is 2.34. The van der Waals surface area contributed by atoms with Gasteiger partial charge in [0, 0.05) is 26.3 Å². The van der Waals surface area contributed by atoms with Crippen molar-refractivity contribution >= 4 is 17.9 Å². The zero-order valence-electron chi connectivity index (χ0n) is 18.9. The van der Waals surface area contributed by atoms with Crippen molar-refractivity contribution in [3.05, 3.63) is 41.1 Å². The molecule has 9 nitrogen and oxygen atoms in total. The molecule has 1 heterocycles. The number of hydrogen-bond acceptors (Lipinski definition) is 6. The van der Waals surface area contributed by atoms with E-state index in [0.717, 1.165) is 12.0 Å². The number of urea groups is 1. The van der Waals surface area contributed by atoms with Gasteiger partial charge in [-0.25, -0.2) is 9.59 Å². The molecule has 9 heteroatoms. The minimum atomic E-state index is -0.679. The number of esters is 1. The van der Waals surface area contributed by atoms with Crippen molar-refractivity contribution in [3.63, 3.8) is 0 Å². The molecule has 0 spiro atoms. The first-order chi connectivity index (χ1) is 14.8. The van der Waals surface area contributed by atoms with Gasteiger partial charge in [-0.2, -0.15) is 0 Å². The van der Waals surface area contributed by atoms with Gasteiger partial charge in [-0.3, -0.25) is 9.69 Å². The third kappa shape index (κ3) is 6.45. The Labute approximate surface area is 183 Å². The fourth-order valence-corrected chi connectivity index (χ4v) is 3.33. The van der Waals surface area contributed by atoms with Crippen LogP contribution in [0.5, 0.6) is 5.75 Å². The van der Waals surface area contributed by atoms with Crippen LogP contribution >= 0.6 is 0 Å². The van der Waals surface area contributed by atoms with Crippen molar-refractivity contribution in [2.24, 2.45) is 0 Å². The van der Waals surface area contributed by atoms with E-state index in [1.54, 1.807) is 52.4 Å². The van der Waals surface area contributed by atoms with E-state index in [0.29, 0.717) is 23.6 Å². The number of hydrogen-bond donors (Lipinski definition) is 2. The zero-order chi connectivity index (χ0) is 23.0. The number of benzene rings is 1. The number of amides is 3. The van der Waals surface area contributed by atoms with Crippen LogP contribution in [0.2, 0.25) is 0 Å². The van der Waals surface area contributed by atoms with E-state index in [-0.39, 0.29) is 25.6 Å². The lowest BCUT2D eigenvalue weighted by Gasteiger charge is -2.32. The summed E-state index contributed by atoms with van der Waals surface area (Å²) in [6, 6.07) is 6.04. The molecule has 2 N–H and O–H groups in total. The maximum atomic E-state index is 12.9. The lowest BCUT2D eigenvalue weighted by Crippen LogP contribution is -2.49. The molecule has 1 aromatic carbocycles. The van der Waals surface area contributed by atoms with Gasteiger partial charge in [-0.1, -0.05) is 19.1 Å². The van der Waals surface area contributed by atoms with E-state index in [9.17, 15) is 14.4 Å². The predicted octanol–water partition coefficient (Wildman–Crippen LogP) is 1.67. The smallest absolute Gasteiger partial charge is 0.338 e. The Kier molecular flexibility index (Phi) is 8.87. The van der Waals surface area contributed by atoms with Gasteiger partial charge >= 0.3 is 12.0 Å². The van der Waals surface area contributed by atoms with Crippen molar-refractivity contribution in [1.82, 2.24) is 20.4 Å². The number of likely N-dealkylation sites (N-methyl/N-ethyl adjacent to an activating group) is 1. The standard InChI is InChI=1S/C22H32N4O5/c1-6-12-26(14-18(27)25(3)4)13-17-19(21(28)31-7-2)20(24-22(29)23-17)15-8-10-16(30-5)11-9-15/h8-11,20H,6-7,12-14H2,1-5H3,(H2,23,24,29)/t20-/m0/s1. The maximum absolute atomic E-state index is 12.9. The van der Waals surface area contributed by atoms with Crippen LogP contribution in [0.1, 0.15) is 31.9 Å². The first-order valence-corrected chi connectivity index (χ1v) is 10.3. The Hall–Kier alpha value is -3.07. The molecule has 1 aromatic rings. The molecule has 3 amide bonds. The van der Waals surface area contributed by atoms with Gasteiger partial charge < -0.3 is 25.0 Å². The highest BCUT2D eigenvalue weighted by Crippen LogP contribution is 2.29. The molecular formula is C22H32N4O5. The summed E-state index contributed by atoms with van der Waals surface area (Å²) in [5.74, 6) is 0.0992. The average Bonchev–Trinajstić information content (AvgIpc) is 2.73. The normalized spacial score (nSPS) is 15.9. The Morgan fingerprint density at radius 2 is 1.81 bits per heavy atom.